The number of carbonyl (C=O) groups excluding carboxylic acids is 1. The highest BCUT2D eigenvalue weighted by molar-refractivity contribution is 6.05. The fraction of sp³-hybridized carbons (Fsp3) is 0.0714. The Labute approximate surface area is 109 Å². The van der Waals surface area contributed by atoms with Crippen molar-refractivity contribution in [3.05, 3.63) is 59.4 Å². The standard InChI is InChI=1S/C14H12N2O3/c1-9-7-12(5-6-15-9)16-13(17)10-3-2-4-11(8-10)14(18)19/h2-8H,1H3,(H,18,19)(H,15,16,17). The minimum atomic E-state index is -1.06. The number of carboxylic acids is 1. The lowest BCUT2D eigenvalue weighted by atomic mass is 10.1. The van der Waals surface area contributed by atoms with E-state index in [1.54, 1.807) is 24.4 Å². The van der Waals surface area contributed by atoms with Crippen molar-refractivity contribution in [1.82, 2.24) is 4.98 Å². The maximum absolute atomic E-state index is 12.0. The number of aromatic carboxylic acids is 1. The molecule has 0 saturated heterocycles. The van der Waals surface area contributed by atoms with Gasteiger partial charge in [0.1, 0.15) is 0 Å². The Bertz CT molecular complexity index is 638. The molecule has 1 amide bonds. The van der Waals surface area contributed by atoms with Gasteiger partial charge in [-0.2, -0.15) is 0 Å². The number of nitrogens with zero attached hydrogens (tertiary/aromatic N) is 1. The van der Waals surface area contributed by atoms with Crippen molar-refractivity contribution >= 4 is 17.6 Å². The minimum Gasteiger partial charge on any atom is -0.478 e. The van der Waals surface area contributed by atoms with Gasteiger partial charge in [0.15, 0.2) is 0 Å². The van der Waals surface area contributed by atoms with Crippen LogP contribution in [0.5, 0.6) is 0 Å². The number of carbonyl (C=O) groups is 2. The van der Waals surface area contributed by atoms with Crippen LogP contribution in [0, 0.1) is 6.92 Å². The fourth-order valence-electron chi connectivity index (χ4n) is 1.62. The molecular formula is C14H12N2O3. The number of carboxylic acid groups (broad SMARTS) is 1. The van der Waals surface area contributed by atoms with Crippen molar-refractivity contribution in [2.45, 2.75) is 6.92 Å². The van der Waals surface area contributed by atoms with Gasteiger partial charge in [-0.15, -0.1) is 0 Å². The van der Waals surface area contributed by atoms with E-state index in [9.17, 15) is 9.59 Å². The number of aryl methyl sites for hydroxylation is 1. The maximum Gasteiger partial charge on any atom is 0.335 e. The predicted octanol–water partition coefficient (Wildman–Crippen LogP) is 2.34. The van der Waals surface area contributed by atoms with Crippen molar-refractivity contribution in [1.29, 1.82) is 0 Å². The van der Waals surface area contributed by atoms with E-state index in [0.717, 1.165) is 5.69 Å². The Morgan fingerprint density at radius 2 is 1.89 bits per heavy atom. The molecule has 1 aromatic heterocycles. The van der Waals surface area contributed by atoms with Crippen LogP contribution < -0.4 is 5.32 Å². The van der Waals surface area contributed by atoms with Gasteiger partial charge in [0, 0.05) is 23.1 Å². The number of hydrogen-bond donors (Lipinski definition) is 2. The van der Waals surface area contributed by atoms with Crippen LogP contribution >= 0.6 is 0 Å². The van der Waals surface area contributed by atoms with Crippen LogP contribution in [0.15, 0.2) is 42.6 Å². The Balaban J connectivity index is 2.20. The average molecular weight is 256 g/mol. The molecule has 96 valence electrons. The summed E-state index contributed by atoms with van der Waals surface area (Å²) >= 11 is 0. The molecule has 0 radical (unpaired) electrons. The largest absolute Gasteiger partial charge is 0.478 e. The first-order valence-electron chi connectivity index (χ1n) is 5.63. The molecule has 0 aliphatic rings. The summed E-state index contributed by atoms with van der Waals surface area (Å²) in [5.74, 6) is -1.41. The third-order valence-electron chi connectivity index (χ3n) is 2.53. The number of aromatic nitrogens is 1. The summed E-state index contributed by atoms with van der Waals surface area (Å²) in [6.45, 7) is 1.82. The van der Waals surface area contributed by atoms with Gasteiger partial charge in [0.2, 0.25) is 0 Å². The Morgan fingerprint density at radius 1 is 1.16 bits per heavy atom. The van der Waals surface area contributed by atoms with E-state index in [1.807, 2.05) is 6.92 Å². The zero-order valence-corrected chi connectivity index (χ0v) is 10.3. The van der Waals surface area contributed by atoms with Gasteiger partial charge in [-0.25, -0.2) is 4.79 Å². The van der Waals surface area contributed by atoms with Gasteiger partial charge in [-0.1, -0.05) is 6.07 Å². The van der Waals surface area contributed by atoms with Crippen molar-refractivity contribution < 1.29 is 14.7 Å². The highest BCUT2D eigenvalue weighted by Gasteiger charge is 2.09. The van der Waals surface area contributed by atoms with Gasteiger partial charge in [0.05, 0.1) is 5.56 Å². The van der Waals surface area contributed by atoms with E-state index >= 15 is 0 Å². The number of benzene rings is 1. The molecule has 0 atom stereocenters. The number of rotatable bonds is 3. The summed E-state index contributed by atoms with van der Waals surface area (Å²) < 4.78 is 0. The van der Waals surface area contributed by atoms with Gasteiger partial charge in [-0.05, 0) is 37.3 Å². The first kappa shape index (κ1) is 12.8. The summed E-state index contributed by atoms with van der Waals surface area (Å²) in [6.07, 6.45) is 1.60. The van der Waals surface area contributed by atoms with Crippen LogP contribution in [0.4, 0.5) is 5.69 Å². The lowest BCUT2D eigenvalue weighted by Crippen LogP contribution is -2.13. The Hall–Kier alpha value is -2.69. The van der Waals surface area contributed by atoms with Crippen LogP contribution in [-0.4, -0.2) is 22.0 Å². The van der Waals surface area contributed by atoms with Crippen molar-refractivity contribution in [3.63, 3.8) is 0 Å². The van der Waals surface area contributed by atoms with Gasteiger partial charge < -0.3 is 10.4 Å². The molecule has 0 aliphatic heterocycles. The van der Waals surface area contributed by atoms with E-state index in [4.69, 9.17) is 5.11 Å². The maximum atomic E-state index is 12.0. The number of anilines is 1. The minimum absolute atomic E-state index is 0.0820. The second-order valence-electron chi connectivity index (χ2n) is 4.03. The molecule has 19 heavy (non-hydrogen) atoms. The van der Waals surface area contributed by atoms with E-state index in [-0.39, 0.29) is 11.5 Å². The fourth-order valence-corrected chi connectivity index (χ4v) is 1.62. The molecule has 1 aromatic carbocycles. The summed E-state index contributed by atoms with van der Waals surface area (Å²) in [5.41, 5.74) is 1.79. The zero-order chi connectivity index (χ0) is 13.8. The highest BCUT2D eigenvalue weighted by Crippen LogP contribution is 2.11. The molecule has 5 heteroatoms. The molecular weight excluding hydrogens is 244 g/mol. The van der Waals surface area contributed by atoms with E-state index in [2.05, 4.69) is 10.3 Å². The van der Waals surface area contributed by atoms with Crippen molar-refractivity contribution in [2.24, 2.45) is 0 Å². The van der Waals surface area contributed by atoms with E-state index in [1.165, 1.54) is 18.2 Å². The molecule has 0 saturated carbocycles. The Morgan fingerprint density at radius 3 is 2.58 bits per heavy atom. The quantitative estimate of drug-likeness (QED) is 0.883. The Kier molecular flexibility index (Phi) is 3.56. The lowest BCUT2D eigenvalue weighted by molar-refractivity contribution is 0.0697. The molecule has 0 bridgehead atoms. The summed E-state index contributed by atoms with van der Waals surface area (Å²) in [7, 11) is 0. The van der Waals surface area contributed by atoms with Gasteiger partial charge in [0.25, 0.3) is 5.91 Å². The number of amides is 1. The monoisotopic (exact) mass is 256 g/mol. The topological polar surface area (TPSA) is 79.3 Å². The van der Waals surface area contributed by atoms with Crippen molar-refractivity contribution in [2.75, 3.05) is 5.32 Å². The molecule has 2 rings (SSSR count). The SMILES string of the molecule is Cc1cc(NC(=O)c2cccc(C(=O)O)c2)ccn1. The third-order valence-corrected chi connectivity index (χ3v) is 2.53. The number of nitrogens with one attached hydrogen (secondary N) is 1. The van der Waals surface area contributed by atoms with Crippen LogP contribution in [-0.2, 0) is 0 Å². The van der Waals surface area contributed by atoms with Crippen LogP contribution in [0.3, 0.4) is 0 Å². The molecule has 5 nitrogen and oxygen atoms in total. The van der Waals surface area contributed by atoms with Crippen LogP contribution in [0.25, 0.3) is 0 Å². The number of hydrogen-bond acceptors (Lipinski definition) is 3. The van der Waals surface area contributed by atoms with Crippen molar-refractivity contribution in [3.8, 4) is 0 Å². The van der Waals surface area contributed by atoms with Gasteiger partial charge in [-0.3, -0.25) is 9.78 Å². The smallest absolute Gasteiger partial charge is 0.335 e. The third kappa shape index (κ3) is 3.16. The predicted molar refractivity (Wildman–Crippen MR) is 70.3 cm³/mol. The van der Waals surface area contributed by atoms with E-state index in [0.29, 0.717) is 11.3 Å². The first-order chi connectivity index (χ1) is 9.06. The molecule has 0 fully saturated rings. The van der Waals surface area contributed by atoms with Crippen LogP contribution in [0.2, 0.25) is 0 Å². The normalized spacial score (nSPS) is 9.95. The van der Waals surface area contributed by atoms with E-state index < -0.39 is 5.97 Å². The van der Waals surface area contributed by atoms with Crippen LogP contribution in [0.1, 0.15) is 26.4 Å². The lowest BCUT2D eigenvalue weighted by Gasteiger charge is -2.06. The summed E-state index contributed by atoms with van der Waals surface area (Å²) in [5, 5.41) is 11.6. The molecule has 0 unspecified atom stereocenters. The number of pyridine rings is 1. The molecule has 1 heterocycles. The molecule has 0 spiro atoms. The highest BCUT2D eigenvalue weighted by atomic mass is 16.4. The summed E-state index contributed by atoms with van der Waals surface area (Å²) in [4.78, 5) is 26.8. The zero-order valence-electron chi connectivity index (χ0n) is 10.3. The first-order valence-corrected chi connectivity index (χ1v) is 5.63. The second-order valence-corrected chi connectivity index (χ2v) is 4.03. The molecule has 2 aromatic rings. The summed E-state index contributed by atoms with van der Waals surface area (Å²) in [6, 6.07) is 9.29. The second kappa shape index (κ2) is 5.30. The molecule has 0 aliphatic carbocycles. The molecule has 2 N–H and O–H groups in total. The average Bonchev–Trinajstić information content (AvgIpc) is 2.39. The van der Waals surface area contributed by atoms with Gasteiger partial charge >= 0.3 is 5.97 Å².